The van der Waals surface area contributed by atoms with Gasteiger partial charge in [-0.3, -0.25) is 15.1 Å². The van der Waals surface area contributed by atoms with Crippen LogP contribution < -0.4 is 10.1 Å². The Morgan fingerprint density at radius 1 is 1.25 bits per heavy atom. The molecule has 1 aromatic carbocycles. The molecule has 0 amide bonds. The molecule has 0 aliphatic carbocycles. The zero-order valence-corrected chi connectivity index (χ0v) is 11.1. The number of nitro groups is 1. The van der Waals surface area contributed by atoms with E-state index in [0.29, 0.717) is 11.5 Å². The first kappa shape index (κ1) is 14.0. The van der Waals surface area contributed by atoms with Gasteiger partial charge in [-0.15, -0.1) is 0 Å². The molecule has 0 radical (unpaired) electrons. The van der Waals surface area contributed by atoms with E-state index < -0.39 is 4.92 Å². The lowest BCUT2D eigenvalue weighted by Crippen LogP contribution is -2.11. The molecule has 1 N–H and O–H groups in total. The maximum Gasteiger partial charge on any atom is 0.269 e. The van der Waals surface area contributed by atoms with Crippen LogP contribution in [-0.2, 0) is 6.54 Å². The standard InChI is InChI=1S/C14H15N3O3/c1-2-15-8-11-7-14(10-16-9-11)20-13-5-3-12(4-6-13)17(18)19/h3-7,9-10,15H,2,8H2,1H3. The molecule has 0 unspecified atom stereocenters. The number of aromatic nitrogens is 1. The SMILES string of the molecule is CCNCc1cncc(Oc2ccc([N+](=O)[O-])cc2)c1. The largest absolute Gasteiger partial charge is 0.456 e. The lowest BCUT2D eigenvalue weighted by Gasteiger charge is -2.07. The molecule has 1 heterocycles. The lowest BCUT2D eigenvalue weighted by atomic mass is 10.2. The highest BCUT2D eigenvalue weighted by Gasteiger charge is 2.05. The highest BCUT2D eigenvalue weighted by atomic mass is 16.6. The van der Waals surface area contributed by atoms with Crippen LogP contribution in [0.2, 0.25) is 0 Å². The van der Waals surface area contributed by atoms with Crippen molar-refractivity contribution in [2.45, 2.75) is 13.5 Å². The molecule has 104 valence electrons. The van der Waals surface area contributed by atoms with E-state index in [1.807, 2.05) is 13.0 Å². The van der Waals surface area contributed by atoms with Crippen LogP contribution in [0.5, 0.6) is 11.5 Å². The highest BCUT2D eigenvalue weighted by Crippen LogP contribution is 2.23. The summed E-state index contributed by atoms with van der Waals surface area (Å²) in [5, 5.41) is 13.8. The predicted molar refractivity (Wildman–Crippen MR) is 74.8 cm³/mol. The zero-order valence-electron chi connectivity index (χ0n) is 11.1. The average molecular weight is 273 g/mol. The second kappa shape index (κ2) is 6.63. The first-order valence-electron chi connectivity index (χ1n) is 6.26. The fourth-order valence-corrected chi connectivity index (χ4v) is 1.66. The normalized spacial score (nSPS) is 10.2. The van der Waals surface area contributed by atoms with Gasteiger partial charge in [-0.25, -0.2) is 0 Å². The van der Waals surface area contributed by atoms with Crippen molar-refractivity contribution in [2.24, 2.45) is 0 Å². The zero-order chi connectivity index (χ0) is 14.4. The molecule has 0 saturated carbocycles. The van der Waals surface area contributed by atoms with Gasteiger partial charge in [-0.1, -0.05) is 6.92 Å². The van der Waals surface area contributed by atoms with E-state index in [0.717, 1.165) is 18.7 Å². The van der Waals surface area contributed by atoms with Crippen LogP contribution in [-0.4, -0.2) is 16.5 Å². The number of rotatable bonds is 6. The first-order chi connectivity index (χ1) is 9.69. The highest BCUT2D eigenvalue weighted by molar-refractivity contribution is 5.38. The molecule has 2 aromatic rings. The van der Waals surface area contributed by atoms with E-state index in [2.05, 4.69) is 10.3 Å². The van der Waals surface area contributed by atoms with Crippen LogP contribution in [0.3, 0.4) is 0 Å². The average Bonchev–Trinajstić information content (AvgIpc) is 2.46. The van der Waals surface area contributed by atoms with Crippen molar-refractivity contribution in [1.82, 2.24) is 10.3 Å². The minimum absolute atomic E-state index is 0.0383. The fraction of sp³-hybridized carbons (Fsp3) is 0.214. The fourth-order valence-electron chi connectivity index (χ4n) is 1.66. The van der Waals surface area contributed by atoms with Gasteiger partial charge in [-0.05, 0) is 30.3 Å². The maximum atomic E-state index is 10.6. The molecule has 0 saturated heterocycles. The van der Waals surface area contributed by atoms with Crippen LogP contribution in [0, 0.1) is 10.1 Å². The summed E-state index contributed by atoms with van der Waals surface area (Å²) in [6.45, 7) is 3.64. The number of nitrogens with zero attached hydrogens (tertiary/aromatic N) is 2. The Balaban J connectivity index is 2.07. The van der Waals surface area contributed by atoms with E-state index in [-0.39, 0.29) is 5.69 Å². The molecule has 0 atom stereocenters. The van der Waals surface area contributed by atoms with Gasteiger partial charge in [-0.2, -0.15) is 0 Å². The summed E-state index contributed by atoms with van der Waals surface area (Å²) in [6.07, 6.45) is 3.38. The Labute approximate surface area is 116 Å². The molecule has 20 heavy (non-hydrogen) atoms. The third-order valence-corrected chi connectivity index (χ3v) is 2.63. The predicted octanol–water partition coefficient (Wildman–Crippen LogP) is 2.89. The number of benzene rings is 1. The Morgan fingerprint density at radius 2 is 2.00 bits per heavy atom. The second-order valence-corrected chi connectivity index (χ2v) is 4.16. The third kappa shape index (κ3) is 3.76. The molecule has 2 rings (SSSR count). The summed E-state index contributed by atoms with van der Waals surface area (Å²) >= 11 is 0. The van der Waals surface area contributed by atoms with Gasteiger partial charge in [0.2, 0.25) is 0 Å². The van der Waals surface area contributed by atoms with Crippen molar-refractivity contribution in [3.63, 3.8) is 0 Å². The van der Waals surface area contributed by atoms with Gasteiger partial charge in [0.1, 0.15) is 11.5 Å². The molecule has 1 aromatic heterocycles. The van der Waals surface area contributed by atoms with E-state index in [1.54, 1.807) is 24.5 Å². The Hall–Kier alpha value is -2.47. The number of non-ortho nitro benzene ring substituents is 1. The van der Waals surface area contributed by atoms with Crippen LogP contribution in [0.4, 0.5) is 5.69 Å². The van der Waals surface area contributed by atoms with Crippen LogP contribution in [0.15, 0.2) is 42.7 Å². The van der Waals surface area contributed by atoms with Gasteiger partial charge in [0.25, 0.3) is 5.69 Å². The summed E-state index contributed by atoms with van der Waals surface area (Å²) in [5.74, 6) is 1.15. The van der Waals surface area contributed by atoms with Gasteiger partial charge >= 0.3 is 0 Å². The van der Waals surface area contributed by atoms with E-state index >= 15 is 0 Å². The molecule has 0 aliphatic rings. The van der Waals surface area contributed by atoms with Crippen LogP contribution >= 0.6 is 0 Å². The quantitative estimate of drug-likeness (QED) is 0.646. The van der Waals surface area contributed by atoms with E-state index in [9.17, 15) is 10.1 Å². The summed E-state index contributed by atoms with van der Waals surface area (Å²) in [6, 6.07) is 7.83. The summed E-state index contributed by atoms with van der Waals surface area (Å²) < 4.78 is 5.62. The van der Waals surface area contributed by atoms with E-state index in [4.69, 9.17) is 4.74 Å². The van der Waals surface area contributed by atoms with Crippen LogP contribution in [0.1, 0.15) is 12.5 Å². The van der Waals surface area contributed by atoms with Gasteiger partial charge in [0, 0.05) is 24.9 Å². The van der Waals surface area contributed by atoms with Crippen molar-refractivity contribution in [1.29, 1.82) is 0 Å². The molecule has 0 fully saturated rings. The number of pyridine rings is 1. The Kier molecular flexibility index (Phi) is 4.62. The minimum Gasteiger partial charge on any atom is -0.456 e. The monoisotopic (exact) mass is 273 g/mol. The summed E-state index contributed by atoms with van der Waals surface area (Å²) in [4.78, 5) is 14.2. The topological polar surface area (TPSA) is 77.3 Å². The summed E-state index contributed by atoms with van der Waals surface area (Å²) in [7, 11) is 0. The number of ether oxygens (including phenoxy) is 1. The van der Waals surface area contributed by atoms with Crippen molar-refractivity contribution in [3.05, 3.63) is 58.4 Å². The molecule has 6 heteroatoms. The molecular weight excluding hydrogens is 258 g/mol. The number of hydrogen-bond acceptors (Lipinski definition) is 5. The second-order valence-electron chi connectivity index (χ2n) is 4.16. The number of nitrogens with one attached hydrogen (secondary N) is 1. The molecule has 0 bridgehead atoms. The first-order valence-corrected chi connectivity index (χ1v) is 6.26. The molecular formula is C14H15N3O3. The van der Waals surface area contributed by atoms with E-state index in [1.165, 1.54) is 12.1 Å². The van der Waals surface area contributed by atoms with Crippen molar-refractivity contribution in [2.75, 3.05) is 6.54 Å². The molecule has 6 nitrogen and oxygen atoms in total. The summed E-state index contributed by atoms with van der Waals surface area (Å²) in [5.41, 5.74) is 1.06. The lowest BCUT2D eigenvalue weighted by molar-refractivity contribution is -0.384. The van der Waals surface area contributed by atoms with Gasteiger partial charge in [0.15, 0.2) is 0 Å². The number of hydrogen-bond donors (Lipinski definition) is 1. The molecule has 0 spiro atoms. The Bertz CT molecular complexity index is 584. The maximum absolute atomic E-state index is 10.6. The van der Waals surface area contributed by atoms with Crippen molar-refractivity contribution >= 4 is 5.69 Å². The Morgan fingerprint density at radius 3 is 2.65 bits per heavy atom. The van der Waals surface area contributed by atoms with Gasteiger partial charge < -0.3 is 10.1 Å². The van der Waals surface area contributed by atoms with Crippen LogP contribution in [0.25, 0.3) is 0 Å². The van der Waals surface area contributed by atoms with Crippen molar-refractivity contribution < 1.29 is 9.66 Å². The van der Waals surface area contributed by atoms with Gasteiger partial charge in [0.05, 0.1) is 11.1 Å². The minimum atomic E-state index is -0.442. The molecule has 0 aliphatic heterocycles. The third-order valence-electron chi connectivity index (χ3n) is 2.63. The number of nitro benzene ring substituents is 1. The smallest absolute Gasteiger partial charge is 0.269 e. The van der Waals surface area contributed by atoms with Crippen molar-refractivity contribution in [3.8, 4) is 11.5 Å².